The van der Waals surface area contributed by atoms with E-state index in [9.17, 15) is 9.90 Å². The van der Waals surface area contributed by atoms with Crippen molar-refractivity contribution in [2.24, 2.45) is 10.2 Å². The third-order valence-electron chi connectivity index (χ3n) is 5.20. The first-order chi connectivity index (χ1) is 15.5. The average Bonchev–Trinajstić information content (AvgIpc) is 3.29. The van der Waals surface area contributed by atoms with Crippen molar-refractivity contribution in [1.82, 2.24) is 14.5 Å². The van der Waals surface area contributed by atoms with Gasteiger partial charge in [0.25, 0.3) is 5.91 Å². The number of aromatic nitrogens is 3. The molecule has 0 unspecified atom stereocenters. The molecule has 32 heavy (non-hydrogen) atoms. The predicted octanol–water partition coefficient (Wildman–Crippen LogP) is 6.16. The van der Waals surface area contributed by atoms with Crippen molar-refractivity contribution in [2.75, 3.05) is 0 Å². The van der Waals surface area contributed by atoms with E-state index in [2.05, 4.69) is 15.2 Å². The lowest BCUT2D eigenvalue weighted by Gasteiger charge is -2.06. The number of H-pyrrole nitrogens is 1. The number of imidazole rings is 1. The summed E-state index contributed by atoms with van der Waals surface area (Å²) in [7, 11) is 0. The van der Waals surface area contributed by atoms with Crippen LogP contribution in [0.5, 0.6) is 5.88 Å². The Kier molecular flexibility index (Phi) is 4.95. The van der Waals surface area contributed by atoms with E-state index in [-0.39, 0.29) is 18.1 Å². The number of aromatic hydroxyl groups is 1. The highest BCUT2D eigenvalue weighted by Gasteiger charge is 2.16. The van der Waals surface area contributed by atoms with E-state index in [4.69, 9.17) is 16.6 Å². The molecule has 0 spiro atoms. The summed E-state index contributed by atoms with van der Waals surface area (Å²) in [5.41, 5.74) is 4.44. The normalized spacial score (nSPS) is 11.7. The highest BCUT2D eigenvalue weighted by Crippen LogP contribution is 2.36. The van der Waals surface area contributed by atoms with Gasteiger partial charge in [0, 0.05) is 16.0 Å². The molecule has 0 aliphatic carbocycles. The zero-order valence-electron chi connectivity index (χ0n) is 17.1. The van der Waals surface area contributed by atoms with Crippen LogP contribution in [0, 0.1) is 6.92 Å². The van der Waals surface area contributed by atoms with E-state index in [1.807, 2.05) is 60.0 Å². The molecule has 0 radical (unpaired) electrons. The molecular weight excluding hydrogens is 426 g/mol. The van der Waals surface area contributed by atoms with E-state index in [0.29, 0.717) is 21.7 Å². The molecule has 158 valence electrons. The van der Waals surface area contributed by atoms with Gasteiger partial charge in [-0.25, -0.2) is 4.98 Å². The first-order valence-corrected chi connectivity index (χ1v) is 10.3. The molecule has 2 heterocycles. The molecule has 7 nitrogen and oxygen atoms in total. The molecule has 2 N–H and O–H groups in total. The topological polar surface area (TPSA) is 95.6 Å². The molecule has 0 saturated carbocycles. The van der Waals surface area contributed by atoms with Gasteiger partial charge in [-0.3, -0.25) is 4.79 Å². The number of nitrogens with zero attached hydrogens (tertiary/aromatic N) is 4. The minimum absolute atomic E-state index is 0.0445. The fraction of sp³-hybridized carbons (Fsp3) is 0.0833. The average molecular weight is 444 g/mol. The third kappa shape index (κ3) is 3.63. The minimum Gasteiger partial charge on any atom is -0.493 e. The Bertz CT molecular complexity index is 1500. The van der Waals surface area contributed by atoms with E-state index in [1.165, 1.54) is 0 Å². The molecule has 1 amide bonds. The molecule has 2 aromatic heterocycles. The summed E-state index contributed by atoms with van der Waals surface area (Å²) in [4.78, 5) is 20.3. The monoisotopic (exact) mass is 443 g/mol. The molecule has 0 aliphatic rings. The Hall–Kier alpha value is -3.97. The van der Waals surface area contributed by atoms with Crippen LogP contribution in [0.4, 0.5) is 5.69 Å². The second kappa shape index (κ2) is 7.94. The number of rotatable bonds is 4. The van der Waals surface area contributed by atoms with Gasteiger partial charge < -0.3 is 14.7 Å². The summed E-state index contributed by atoms with van der Waals surface area (Å²) in [6, 6.07) is 20.7. The van der Waals surface area contributed by atoms with Crippen LogP contribution >= 0.6 is 11.6 Å². The maximum atomic E-state index is 12.8. The second-order valence-electron chi connectivity index (χ2n) is 7.49. The first-order valence-electron chi connectivity index (χ1n) is 9.96. The number of aryl methyl sites for hydroxylation is 1. The van der Waals surface area contributed by atoms with Crippen LogP contribution in [0.1, 0.15) is 5.56 Å². The Morgan fingerprint density at radius 2 is 1.94 bits per heavy atom. The minimum atomic E-state index is -0.474. The Morgan fingerprint density at radius 1 is 1.12 bits per heavy atom. The van der Waals surface area contributed by atoms with Crippen molar-refractivity contribution in [3.63, 3.8) is 0 Å². The number of azo groups is 1. The van der Waals surface area contributed by atoms with Crippen LogP contribution in [-0.4, -0.2) is 25.5 Å². The molecule has 0 saturated heterocycles. The summed E-state index contributed by atoms with van der Waals surface area (Å²) in [6.07, 6.45) is 0. The SMILES string of the molecule is Cc1ccc2c(c1)nc(-c1ccccc1)n2CC(=O)N=Nc1c(O)[nH]c2ccc(Cl)cc12. The number of carbonyl (C=O) groups excluding carboxylic acids is 1. The number of nitrogens with one attached hydrogen (secondary N) is 1. The fourth-order valence-electron chi connectivity index (χ4n) is 3.72. The van der Waals surface area contributed by atoms with E-state index < -0.39 is 5.91 Å². The molecule has 3 aromatic carbocycles. The number of carbonyl (C=O) groups is 1. The fourth-order valence-corrected chi connectivity index (χ4v) is 3.89. The lowest BCUT2D eigenvalue weighted by Crippen LogP contribution is -2.08. The molecule has 0 aliphatic heterocycles. The number of hydrogen-bond acceptors (Lipinski definition) is 4. The molecule has 5 aromatic rings. The lowest BCUT2D eigenvalue weighted by atomic mass is 10.2. The number of amides is 1. The highest BCUT2D eigenvalue weighted by molar-refractivity contribution is 6.31. The van der Waals surface area contributed by atoms with Gasteiger partial charge in [0.15, 0.2) is 5.69 Å². The maximum absolute atomic E-state index is 12.8. The van der Waals surface area contributed by atoms with Crippen molar-refractivity contribution in [2.45, 2.75) is 13.5 Å². The van der Waals surface area contributed by atoms with E-state index in [0.717, 1.165) is 22.2 Å². The molecule has 0 fully saturated rings. The van der Waals surface area contributed by atoms with Gasteiger partial charge in [-0.1, -0.05) is 48.0 Å². The van der Waals surface area contributed by atoms with Gasteiger partial charge in [0.2, 0.25) is 5.88 Å². The Labute approximate surface area is 188 Å². The van der Waals surface area contributed by atoms with Crippen LogP contribution in [-0.2, 0) is 11.3 Å². The lowest BCUT2D eigenvalue weighted by molar-refractivity contribution is -0.118. The first kappa shape index (κ1) is 20.0. The highest BCUT2D eigenvalue weighted by atomic mass is 35.5. The number of halogens is 1. The smallest absolute Gasteiger partial charge is 0.284 e. The molecule has 0 bridgehead atoms. The van der Waals surface area contributed by atoms with Crippen LogP contribution in [0.3, 0.4) is 0 Å². The number of benzene rings is 3. The van der Waals surface area contributed by atoms with Gasteiger partial charge in [-0.2, -0.15) is 0 Å². The van der Waals surface area contributed by atoms with Crippen molar-refractivity contribution in [1.29, 1.82) is 0 Å². The zero-order chi connectivity index (χ0) is 22.2. The summed E-state index contributed by atoms with van der Waals surface area (Å²) < 4.78 is 1.83. The zero-order valence-corrected chi connectivity index (χ0v) is 17.8. The molecule has 5 rings (SSSR count). The number of fused-ring (bicyclic) bond motifs is 2. The van der Waals surface area contributed by atoms with Gasteiger partial charge in [-0.05, 0) is 42.8 Å². The van der Waals surface area contributed by atoms with Crippen LogP contribution < -0.4 is 0 Å². The van der Waals surface area contributed by atoms with Crippen molar-refractivity contribution < 1.29 is 9.90 Å². The van der Waals surface area contributed by atoms with E-state index >= 15 is 0 Å². The van der Waals surface area contributed by atoms with E-state index in [1.54, 1.807) is 18.2 Å². The molecule has 0 atom stereocenters. The number of hydrogen-bond donors (Lipinski definition) is 2. The van der Waals surface area contributed by atoms with Gasteiger partial charge >= 0.3 is 0 Å². The van der Waals surface area contributed by atoms with Crippen molar-refractivity contribution in [3.05, 3.63) is 77.3 Å². The predicted molar refractivity (Wildman–Crippen MR) is 124 cm³/mol. The summed E-state index contributed by atoms with van der Waals surface area (Å²) in [5, 5.41) is 19.1. The molecular formula is C24H18ClN5O2. The maximum Gasteiger partial charge on any atom is 0.284 e. The van der Waals surface area contributed by atoms with Crippen molar-refractivity contribution in [3.8, 4) is 17.3 Å². The summed E-state index contributed by atoms with van der Waals surface area (Å²) in [5.74, 6) is 0.0293. The summed E-state index contributed by atoms with van der Waals surface area (Å²) in [6.45, 7) is 1.96. The van der Waals surface area contributed by atoms with Crippen LogP contribution in [0.15, 0.2) is 77.0 Å². The Balaban J connectivity index is 1.52. The second-order valence-corrected chi connectivity index (χ2v) is 7.92. The van der Waals surface area contributed by atoms with Gasteiger partial charge in [0.05, 0.1) is 16.6 Å². The van der Waals surface area contributed by atoms with Gasteiger partial charge in [0.1, 0.15) is 12.4 Å². The Morgan fingerprint density at radius 3 is 2.75 bits per heavy atom. The quantitative estimate of drug-likeness (QED) is 0.325. The largest absolute Gasteiger partial charge is 0.493 e. The molecule has 8 heteroatoms. The third-order valence-corrected chi connectivity index (χ3v) is 5.44. The number of aromatic amines is 1. The van der Waals surface area contributed by atoms with Gasteiger partial charge in [-0.15, -0.1) is 10.2 Å². The summed E-state index contributed by atoms with van der Waals surface area (Å²) >= 11 is 6.05. The standard InChI is InChI=1S/C24H18ClN5O2/c1-14-7-10-20-19(11-14)26-23(15-5-3-2-4-6-15)30(20)13-21(31)28-29-22-17-12-16(25)8-9-18(17)27-24(22)32/h2-12,27,32H,13H2,1H3. The van der Waals surface area contributed by atoms with Crippen LogP contribution in [0.2, 0.25) is 5.02 Å². The van der Waals surface area contributed by atoms with Crippen LogP contribution in [0.25, 0.3) is 33.3 Å². The van der Waals surface area contributed by atoms with Crippen molar-refractivity contribution >= 4 is 45.1 Å².